The van der Waals surface area contributed by atoms with Gasteiger partial charge >= 0.3 is 5.97 Å². The molecule has 0 radical (unpaired) electrons. The zero-order chi connectivity index (χ0) is 17.8. The predicted octanol–water partition coefficient (Wildman–Crippen LogP) is 3.19. The van der Waals surface area contributed by atoms with Crippen LogP contribution in [0.4, 0.5) is 5.82 Å². The Morgan fingerprint density at radius 3 is 2.60 bits per heavy atom. The lowest BCUT2D eigenvalue weighted by molar-refractivity contribution is 0.0695. The van der Waals surface area contributed by atoms with Crippen LogP contribution in [-0.2, 0) is 6.54 Å². The molecule has 5 nitrogen and oxygen atoms in total. The van der Waals surface area contributed by atoms with Crippen molar-refractivity contribution in [3.63, 3.8) is 0 Å². The Labute approximate surface area is 148 Å². The second kappa shape index (κ2) is 7.66. The molecule has 132 valence electrons. The molecule has 1 aliphatic rings. The maximum atomic E-state index is 11.2. The van der Waals surface area contributed by atoms with Gasteiger partial charge in [-0.2, -0.15) is 0 Å². The summed E-state index contributed by atoms with van der Waals surface area (Å²) in [4.78, 5) is 20.5. The first-order valence-corrected chi connectivity index (χ1v) is 8.82. The zero-order valence-electron chi connectivity index (χ0n) is 14.9. The topological polar surface area (TPSA) is 56.7 Å². The van der Waals surface area contributed by atoms with E-state index >= 15 is 0 Å². The van der Waals surface area contributed by atoms with E-state index in [-0.39, 0.29) is 5.56 Å². The molecular formula is C20H25N3O2. The number of hydrogen-bond donors (Lipinski definition) is 1. The molecule has 1 unspecified atom stereocenters. The molecule has 0 bridgehead atoms. The minimum atomic E-state index is -0.921. The highest BCUT2D eigenvalue weighted by Gasteiger charge is 2.26. The van der Waals surface area contributed by atoms with E-state index in [1.54, 1.807) is 13.0 Å². The first-order valence-electron chi connectivity index (χ1n) is 8.82. The van der Waals surface area contributed by atoms with Crippen LogP contribution in [0.3, 0.4) is 0 Å². The molecule has 0 aliphatic carbocycles. The summed E-state index contributed by atoms with van der Waals surface area (Å²) in [5.74, 6) is -0.0454. The summed E-state index contributed by atoms with van der Waals surface area (Å²) in [6.45, 7) is 7.76. The number of aromatic carboxylic acids is 1. The molecule has 1 N–H and O–H groups in total. The number of aryl methyl sites for hydroxylation is 1. The predicted molar refractivity (Wildman–Crippen MR) is 99.1 cm³/mol. The van der Waals surface area contributed by atoms with Gasteiger partial charge in [0.2, 0.25) is 0 Å². The van der Waals surface area contributed by atoms with E-state index in [0.717, 1.165) is 38.4 Å². The SMILES string of the molecule is CCC1CN(c2ccc(C(=O)O)c(C)n2)CCN1Cc1ccccc1. The number of anilines is 1. The molecular weight excluding hydrogens is 314 g/mol. The third-order valence-corrected chi connectivity index (χ3v) is 4.93. The van der Waals surface area contributed by atoms with E-state index in [2.05, 4.69) is 46.0 Å². The van der Waals surface area contributed by atoms with Gasteiger partial charge in [-0.05, 0) is 31.0 Å². The van der Waals surface area contributed by atoms with Crippen molar-refractivity contribution in [3.05, 3.63) is 59.3 Å². The largest absolute Gasteiger partial charge is 0.478 e. The highest BCUT2D eigenvalue weighted by atomic mass is 16.4. The quantitative estimate of drug-likeness (QED) is 0.907. The average molecular weight is 339 g/mol. The van der Waals surface area contributed by atoms with Crippen LogP contribution in [0.5, 0.6) is 0 Å². The van der Waals surface area contributed by atoms with E-state index in [1.165, 1.54) is 5.56 Å². The number of aromatic nitrogens is 1. The Morgan fingerprint density at radius 1 is 1.20 bits per heavy atom. The van der Waals surface area contributed by atoms with E-state index in [1.807, 2.05) is 12.1 Å². The molecule has 1 aromatic carbocycles. The van der Waals surface area contributed by atoms with Crippen molar-refractivity contribution in [2.24, 2.45) is 0 Å². The van der Waals surface area contributed by atoms with Gasteiger partial charge in [-0.25, -0.2) is 9.78 Å². The molecule has 3 rings (SSSR count). The maximum Gasteiger partial charge on any atom is 0.337 e. The van der Waals surface area contributed by atoms with Crippen LogP contribution in [0.25, 0.3) is 0 Å². The highest BCUT2D eigenvalue weighted by molar-refractivity contribution is 5.89. The average Bonchev–Trinajstić information content (AvgIpc) is 2.62. The summed E-state index contributed by atoms with van der Waals surface area (Å²) < 4.78 is 0. The molecule has 1 fully saturated rings. The molecule has 1 saturated heterocycles. The van der Waals surface area contributed by atoms with Gasteiger partial charge in [0.15, 0.2) is 0 Å². The fourth-order valence-corrected chi connectivity index (χ4v) is 3.46. The summed E-state index contributed by atoms with van der Waals surface area (Å²) in [6, 6.07) is 14.5. The first-order chi connectivity index (χ1) is 12.1. The Bertz CT molecular complexity index is 733. The molecule has 0 spiro atoms. The molecule has 5 heteroatoms. The van der Waals surface area contributed by atoms with Crippen molar-refractivity contribution >= 4 is 11.8 Å². The number of pyridine rings is 1. The molecule has 1 atom stereocenters. The molecule has 1 aromatic heterocycles. The van der Waals surface area contributed by atoms with Gasteiger partial charge < -0.3 is 10.0 Å². The number of carboxylic acid groups (broad SMARTS) is 1. The third-order valence-electron chi connectivity index (χ3n) is 4.93. The fourth-order valence-electron chi connectivity index (χ4n) is 3.46. The summed E-state index contributed by atoms with van der Waals surface area (Å²) in [7, 11) is 0. The standard InChI is InChI=1S/C20H25N3O2/c1-3-17-14-23(19-10-9-18(20(24)25)15(2)21-19)12-11-22(17)13-16-7-5-4-6-8-16/h4-10,17H,3,11-14H2,1-2H3,(H,24,25). The van der Waals surface area contributed by atoms with Crippen LogP contribution in [0.1, 0.15) is 35.0 Å². The second-order valence-electron chi connectivity index (χ2n) is 6.57. The molecule has 1 aliphatic heterocycles. The molecule has 2 heterocycles. The third kappa shape index (κ3) is 3.99. The van der Waals surface area contributed by atoms with Crippen LogP contribution in [0.15, 0.2) is 42.5 Å². The van der Waals surface area contributed by atoms with Gasteiger partial charge in [-0.15, -0.1) is 0 Å². The lowest BCUT2D eigenvalue weighted by Crippen LogP contribution is -2.52. The lowest BCUT2D eigenvalue weighted by atomic mass is 10.1. The van der Waals surface area contributed by atoms with Crippen LogP contribution in [0.2, 0.25) is 0 Å². The Hall–Kier alpha value is -2.40. The van der Waals surface area contributed by atoms with Crippen molar-refractivity contribution in [1.29, 1.82) is 0 Å². The highest BCUT2D eigenvalue weighted by Crippen LogP contribution is 2.22. The van der Waals surface area contributed by atoms with E-state index < -0.39 is 5.97 Å². The maximum absolute atomic E-state index is 11.2. The number of hydrogen-bond acceptors (Lipinski definition) is 4. The monoisotopic (exact) mass is 339 g/mol. The van der Waals surface area contributed by atoms with Crippen molar-refractivity contribution in [2.75, 3.05) is 24.5 Å². The van der Waals surface area contributed by atoms with Gasteiger partial charge in [0.25, 0.3) is 0 Å². The normalized spacial score (nSPS) is 18.3. The van der Waals surface area contributed by atoms with Crippen LogP contribution < -0.4 is 4.90 Å². The van der Waals surface area contributed by atoms with Gasteiger partial charge in [0.05, 0.1) is 11.3 Å². The summed E-state index contributed by atoms with van der Waals surface area (Å²) in [5, 5.41) is 9.16. The van der Waals surface area contributed by atoms with Crippen molar-refractivity contribution in [2.45, 2.75) is 32.9 Å². The number of nitrogens with zero attached hydrogens (tertiary/aromatic N) is 3. The smallest absolute Gasteiger partial charge is 0.337 e. The molecule has 25 heavy (non-hydrogen) atoms. The number of carboxylic acids is 1. The van der Waals surface area contributed by atoms with Gasteiger partial charge in [0, 0.05) is 32.2 Å². The minimum Gasteiger partial charge on any atom is -0.478 e. The van der Waals surface area contributed by atoms with Crippen molar-refractivity contribution in [3.8, 4) is 0 Å². The summed E-state index contributed by atoms with van der Waals surface area (Å²) in [5.41, 5.74) is 2.19. The first kappa shape index (κ1) is 17.4. The number of rotatable bonds is 5. The van der Waals surface area contributed by atoms with Crippen LogP contribution in [-0.4, -0.2) is 46.6 Å². The van der Waals surface area contributed by atoms with Crippen LogP contribution in [0, 0.1) is 6.92 Å². The Balaban J connectivity index is 1.71. The van der Waals surface area contributed by atoms with E-state index in [9.17, 15) is 4.79 Å². The minimum absolute atomic E-state index is 0.276. The number of carbonyl (C=O) groups is 1. The van der Waals surface area contributed by atoms with E-state index in [4.69, 9.17) is 5.11 Å². The van der Waals surface area contributed by atoms with Gasteiger partial charge in [-0.1, -0.05) is 37.3 Å². The van der Waals surface area contributed by atoms with Crippen molar-refractivity contribution in [1.82, 2.24) is 9.88 Å². The van der Waals surface area contributed by atoms with E-state index in [0.29, 0.717) is 11.7 Å². The Morgan fingerprint density at radius 2 is 1.96 bits per heavy atom. The van der Waals surface area contributed by atoms with Crippen LogP contribution >= 0.6 is 0 Å². The van der Waals surface area contributed by atoms with Gasteiger partial charge in [-0.3, -0.25) is 4.90 Å². The lowest BCUT2D eigenvalue weighted by Gasteiger charge is -2.42. The summed E-state index contributed by atoms with van der Waals surface area (Å²) >= 11 is 0. The zero-order valence-corrected chi connectivity index (χ0v) is 14.9. The van der Waals surface area contributed by atoms with Gasteiger partial charge in [0.1, 0.15) is 5.82 Å². The molecule has 0 amide bonds. The fraction of sp³-hybridized carbons (Fsp3) is 0.400. The molecule has 2 aromatic rings. The number of benzene rings is 1. The van der Waals surface area contributed by atoms with Crippen molar-refractivity contribution < 1.29 is 9.90 Å². The molecule has 0 saturated carbocycles. The Kier molecular flexibility index (Phi) is 5.34. The summed E-state index contributed by atoms with van der Waals surface area (Å²) in [6.07, 6.45) is 1.08. The number of piperazine rings is 1. The second-order valence-corrected chi connectivity index (χ2v) is 6.57.